The Morgan fingerprint density at radius 1 is 1.18 bits per heavy atom. The van der Waals surface area contributed by atoms with Crippen LogP contribution in [0, 0.1) is 11.7 Å². The molecular weight excluding hydrogens is 459 g/mol. The van der Waals surface area contributed by atoms with Gasteiger partial charge in [-0.25, -0.2) is 9.18 Å². The number of likely N-dealkylation sites (N-methyl/N-ethyl adjacent to an activating group) is 1. The van der Waals surface area contributed by atoms with Crippen LogP contribution in [0.15, 0.2) is 59.8 Å². The summed E-state index contributed by atoms with van der Waals surface area (Å²) >= 11 is 6.40. The van der Waals surface area contributed by atoms with Gasteiger partial charge in [-0.05, 0) is 48.2 Å². The molecule has 0 bridgehead atoms. The highest BCUT2D eigenvalue weighted by molar-refractivity contribution is 6.31. The molecule has 2 atom stereocenters. The average Bonchev–Trinajstić information content (AvgIpc) is 3.13. The van der Waals surface area contributed by atoms with E-state index in [0.29, 0.717) is 34.0 Å². The Labute approximate surface area is 202 Å². The minimum Gasteiger partial charge on any atom is -0.326 e. The molecule has 7 nitrogen and oxygen atoms in total. The van der Waals surface area contributed by atoms with Gasteiger partial charge in [-0.3, -0.25) is 14.5 Å². The minimum atomic E-state index is -0.779. The van der Waals surface area contributed by atoms with Crippen molar-refractivity contribution in [2.45, 2.75) is 32.4 Å². The van der Waals surface area contributed by atoms with Gasteiger partial charge in [0.1, 0.15) is 11.9 Å². The van der Waals surface area contributed by atoms with Crippen LogP contribution in [-0.4, -0.2) is 47.3 Å². The zero-order valence-electron chi connectivity index (χ0n) is 19.1. The predicted octanol–water partition coefficient (Wildman–Crippen LogP) is 4.32. The second-order valence-corrected chi connectivity index (χ2v) is 9.31. The molecule has 2 aliphatic heterocycles. The molecule has 2 N–H and O–H groups in total. The number of anilines is 1. The molecule has 0 saturated heterocycles. The van der Waals surface area contributed by atoms with Gasteiger partial charge in [0.05, 0.1) is 23.9 Å². The van der Waals surface area contributed by atoms with Crippen molar-refractivity contribution in [2.24, 2.45) is 5.92 Å². The van der Waals surface area contributed by atoms with Crippen molar-refractivity contribution in [1.29, 1.82) is 0 Å². The number of rotatable bonds is 6. The zero-order valence-corrected chi connectivity index (χ0v) is 19.9. The van der Waals surface area contributed by atoms with Gasteiger partial charge in [0.15, 0.2) is 0 Å². The summed E-state index contributed by atoms with van der Waals surface area (Å²) in [6.07, 6.45) is 0.418. The number of hydrogen-bond donors (Lipinski definition) is 2. The number of urea groups is 1. The van der Waals surface area contributed by atoms with E-state index in [0.717, 1.165) is 0 Å². The molecule has 9 heteroatoms. The van der Waals surface area contributed by atoms with E-state index < -0.39 is 17.9 Å². The van der Waals surface area contributed by atoms with Gasteiger partial charge in [0, 0.05) is 17.8 Å². The first-order valence-corrected chi connectivity index (χ1v) is 11.4. The maximum Gasteiger partial charge on any atom is 0.322 e. The third-order valence-corrected chi connectivity index (χ3v) is 6.43. The van der Waals surface area contributed by atoms with Gasteiger partial charge in [-0.2, -0.15) is 0 Å². The minimum absolute atomic E-state index is 0.117. The highest BCUT2D eigenvalue weighted by Crippen LogP contribution is 2.39. The van der Waals surface area contributed by atoms with Gasteiger partial charge in [-0.1, -0.05) is 43.6 Å². The molecule has 0 radical (unpaired) electrons. The molecule has 2 aromatic carbocycles. The second-order valence-electron chi connectivity index (χ2n) is 8.90. The molecule has 34 heavy (non-hydrogen) atoms. The van der Waals surface area contributed by atoms with Crippen molar-refractivity contribution in [3.8, 4) is 0 Å². The SMILES string of the molecule is CC(C)CC(C(=O)Nc1ccc(F)cc1)N1CC2=C(C1=O)C(c1ccccc1Cl)NC(=O)N2C. The lowest BCUT2D eigenvalue weighted by Crippen LogP contribution is -2.47. The number of nitrogens with zero attached hydrogens (tertiary/aromatic N) is 2. The standard InChI is InChI=1S/C25H26ClFN4O3/c1-14(2)12-19(23(32)28-16-10-8-15(27)9-11-16)31-13-20-21(24(31)33)22(29-25(34)30(20)3)17-6-4-5-7-18(17)26/h4-11,14,19,22H,12-13H2,1-3H3,(H,28,32)(H,29,34). The number of carbonyl (C=O) groups is 3. The summed E-state index contributed by atoms with van der Waals surface area (Å²) in [6, 6.07) is 10.7. The maximum absolute atomic E-state index is 13.7. The summed E-state index contributed by atoms with van der Waals surface area (Å²) < 4.78 is 13.3. The highest BCUT2D eigenvalue weighted by atomic mass is 35.5. The third-order valence-electron chi connectivity index (χ3n) is 6.09. The number of carbonyl (C=O) groups excluding carboxylic acids is 3. The molecule has 0 aromatic heterocycles. The van der Waals surface area contributed by atoms with Crippen LogP contribution in [0.25, 0.3) is 0 Å². The largest absolute Gasteiger partial charge is 0.326 e. The molecule has 178 valence electrons. The fraction of sp³-hybridized carbons (Fsp3) is 0.320. The van der Waals surface area contributed by atoms with Crippen molar-refractivity contribution in [3.63, 3.8) is 0 Å². The number of benzene rings is 2. The molecule has 4 rings (SSSR count). The normalized spacial score (nSPS) is 18.8. The molecule has 0 aliphatic carbocycles. The topological polar surface area (TPSA) is 81.8 Å². The van der Waals surface area contributed by atoms with E-state index in [-0.39, 0.29) is 30.3 Å². The van der Waals surface area contributed by atoms with E-state index >= 15 is 0 Å². The summed E-state index contributed by atoms with van der Waals surface area (Å²) in [6.45, 7) is 4.05. The fourth-order valence-electron chi connectivity index (χ4n) is 4.36. The maximum atomic E-state index is 13.7. The summed E-state index contributed by atoms with van der Waals surface area (Å²) in [5, 5.41) is 6.08. The lowest BCUT2D eigenvalue weighted by Gasteiger charge is -2.31. The summed E-state index contributed by atoms with van der Waals surface area (Å²) in [5.41, 5.74) is 2.00. The lowest BCUT2D eigenvalue weighted by atomic mass is 9.95. The Kier molecular flexibility index (Phi) is 6.61. The van der Waals surface area contributed by atoms with E-state index in [4.69, 9.17) is 11.6 Å². The quantitative estimate of drug-likeness (QED) is 0.640. The van der Waals surface area contributed by atoms with Crippen molar-refractivity contribution in [3.05, 3.63) is 76.2 Å². The number of hydrogen-bond acceptors (Lipinski definition) is 3. The molecule has 2 aliphatic rings. The van der Waals surface area contributed by atoms with Crippen LogP contribution < -0.4 is 10.6 Å². The van der Waals surface area contributed by atoms with Crippen molar-refractivity contribution in [2.75, 3.05) is 18.9 Å². The van der Waals surface area contributed by atoms with E-state index in [9.17, 15) is 18.8 Å². The monoisotopic (exact) mass is 484 g/mol. The van der Waals surface area contributed by atoms with Crippen LogP contribution in [0.4, 0.5) is 14.9 Å². The molecule has 2 unspecified atom stereocenters. The molecule has 2 heterocycles. The van der Waals surface area contributed by atoms with Crippen LogP contribution >= 0.6 is 11.6 Å². The van der Waals surface area contributed by atoms with E-state index in [1.807, 2.05) is 13.8 Å². The summed E-state index contributed by atoms with van der Waals surface area (Å²) in [4.78, 5) is 42.6. The zero-order chi connectivity index (χ0) is 24.6. The van der Waals surface area contributed by atoms with Crippen molar-refractivity contribution < 1.29 is 18.8 Å². The first-order valence-electron chi connectivity index (χ1n) is 11.1. The Hall–Kier alpha value is -3.39. The number of nitrogens with one attached hydrogen (secondary N) is 2. The van der Waals surface area contributed by atoms with Crippen LogP contribution in [0.3, 0.4) is 0 Å². The highest BCUT2D eigenvalue weighted by Gasteiger charge is 2.46. The van der Waals surface area contributed by atoms with Crippen molar-refractivity contribution >= 4 is 35.1 Å². The van der Waals surface area contributed by atoms with E-state index in [1.165, 1.54) is 34.1 Å². The Morgan fingerprint density at radius 3 is 2.50 bits per heavy atom. The van der Waals surface area contributed by atoms with Crippen LogP contribution in [0.5, 0.6) is 0 Å². The second kappa shape index (κ2) is 9.46. The fourth-order valence-corrected chi connectivity index (χ4v) is 4.61. The van der Waals surface area contributed by atoms with Crippen LogP contribution in [-0.2, 0) is 9.59 Å². The van der Waals surface area contributed by atoms with E-state index in [2.05, 4.69) is 10.6 Å². The van der Waals surface area contributed by atoms with Crippen LogP contribution in [0.2, 0.25) is 5.02 Å². The molecule has 0 spiro atoms. The Balaban J connectivity index is 1.67. The Bertz CT molecular complexity index is 1170. The van der Waals surface area contributed by atoms with Crippen molar-refractivity contribution in [1.82, 2.24) is 15.1 Å². The average molecular weight is 485 g/mol. The molecule has 2 aromatic rings. The molecule has 4 amide bonds. The summed E-state index contributed by atoms with van der Waals surface area (Å²) in [7, 11) is 1.60. The molecule has 0 fully saturated rings. The van der Waals surface area contributed by atoms with Gasteiger partial charge < -0.3 is 15.5 Å². The van der Waals surface area contributed by atoms with Gasteiger partial charge in [0.25, 0.3) is 5.91 Å². The summed E-state index contributed by atoms with van der Waals surface area (Å²) in [5.74, 6) is -0.989. The molecular formula is C25H26ClFN4O3. The third kappa shape index (κ3) is 4.50. The first-order chi connectivity index (χ1) is 16.2. The van der Waals surface area contributed by atoms with Gasteiger partial charge in [-0.15, -0.1) is 0 Å². The first kappa shape index (κ1) is 23.8. The van der Waals surface area contributed by atoms with Gasteiger partial charge in [0.2, 0.25) is 5.91 Å². The molecule has 0 saturated carbocycles. The predicted molar refractivity (Wildman–Crippen MR) is 127 cm³/mol. The Morgan fingerprint density at radius 2 is 1.85 bits per heavy atom. The number of amides is 4. The smallest absolute Gasteiger partial charge is 0.322 e. The van der Waals surface area contributed by atoms with E-state index in [1.54, 1.807) is 31.3 Å². The lowest BCUT2D eigenvalue weighted by molar-refractivity contribution is -0.134. The number of halogens is 2. The van der Waals surface area contributed by atoms with Crippen LogP contribution in [0.1, 0.15) is 31.9 Å². The van der Waals surface area contributed by atoms with Gasteiger partial charge >= 0.3 is 6.03 Å².